The van der Waals surface area contributed by atoms with Crippen molar-refractivity contribution in [1.82, 2.24) is 20.2 Å². The molecule has 1 aliphatic heterocycles. The summed E-state index contributed by atoms with van der Waals surface area (Å²) in [5, 5.41) is 3.48. The van der Waals surface area contributed by atoms with Gasteiger partial charge in [-0.2, -0.15) is 0 Å². The summed E-state index contributed by atoms with van der Waals surface area (Å²) in [7, 11) is 0. The highest BCUT2D eigenvalue weighted by atomic mass is 16.5. The van der Waals surface area contributed by atoms with Gasteiger partial charge in [0.15, 0.2) is 5.82 Å². The molecule has 1 aromatic heterocycles. The molecule has 1 aliphatic rings. The maximum Gasteiger partial charge on any atom is 0.159 e. The van der Waals surface area contributed by atoms with E-state index in [1.807, 2.05) is 42.7 Å². The number of nitrogens with one attached hydrogen (secondary N) is 1. The number of hydrogen-bond donors (Lipinski definition) is 1. The maximum absolute atomic E-state index is 5.76. The lowest BCUT2D eigenvalue weighted by Crippen LogP contribution is -2.47. The Morgan fingerprint density at radius 2 is 1.75 bits per heavy atom. The van der Waals surface area contributed by atoms with Gasteiger partial charge in [0, 0.05) is 56.2 Å². The van der Waals surface area contributed by atoms with E-state index in [4.69, 9.17) is 4.74 Å². The summed E-state index contributed by atoms with van der Waals surface area (Å²) in [4.78, 5) is 11.4. The predicted octanol–water partition coefficient (Wildman–Crippen LogP) is 2.34. The topological polar surface area (TPSA) is 50.3 Å². The minimum absolute atomic E-state index is 0.327. The third kappa shape index (κ3) is 4.84. The molecule has 0 bridgehead atoms. The molecule has 5 heteroatoms. The Labute approximate surface area is 144 Å². The zero-order valence-electron chi connectivity index (χ0n) is 14.5. The fraction of sp³-hybridized carbons (Fsp3) is 0.474. The van der Waals surface area contributed by atoms with Gasteiger partial charge in [-0.25, -0.2) is 9.97 Å². The molecule has 1 N–H and O–H groups in total. The Kier molecular flexibility index (Phi) is 5.91. The molecule has 2 aromatic rings. The summed E-state index contributed by atoms with van der Waals surface area (Å²) >= 11 is 0. The molecule has 0 radical (unpaired) electrons. The number of benzene rings is 1. The van der Waals surface area contributed by atoms with E-state index >= 15 is 0 Å². The number of rotatable bonds is 6. The lowest BCUT2D eigenvalue weighted by atomic mass is 10.2. The van der Waals surface area contributed by atoms with E-state index in [0.717, 1.165) is 49.7 Å². The van der Waals surface area contributed by atoms with Crippen molar-refractivity contribution < 1.29 is 4.74 Å². The average molecular weight is 326 g/mol. The molecule has 5 nitrogen and oxygen atoms in total. The number of nitrogens with zero attached hydrogens (tertiary/aromatic N) is 3. The summed E-state index contributed by atoms with van der Waals surface area (Å²) in [6.45, 7) is 9.11. The Hall–Kier alpha value is -1.82. The van der Waals surface area contributed by atoms with Crippen LogP contribution in [0, 0.1) is 0 Å². The summed E-state index contributed by atoms with van der Waals surface area (Å²) in [5.74, 6) is 0.774. The minimum Gasteiger partial charge on any atom is -0.373 e. The van der Waals surface area contributed by atoms with Crippen LogP contribution in [-0.4, -0.2) is 53.3 Å². The highest BCUT2D eigenvalue weighted by Crippen LogP contribution is 2.13. The largest absolute Gasteiger partial charge is 0.373 e. The summed E-state index contributed by atoms with van der Waals surface area (Å²) in [6.07, 6.45) is 4.46. The lowest BCUT2D eigenvalue weighted by molar-refractivity contribution is -0.0674. The molecule has 0 amide bonds. The van der Waals surface area contributed by atoms with Crippen LogP contribution in [0.15, 0.2) is 42.7 Å². The van der Waals surface area contributed by atoms with Gasteiger partial charge in [-0.3, -0.25) is 4.90 Å². The zero-order valence-corrected chi connectivity index (χ0v) is 14.5. The van der Waals surface area contributed by atoms with Gasteiger partial charge in [0.1, 0.15) is 0 Å². The smallest absolute Gasteiger partial charge is 0.159 e. The predicted molar refractivity (Wildman–Crippen MR) is 95.6 cm³/mol. The summed E-state index contributed by atoms with van der Waals surface area (Å²) < 4.78 is 5.76. The molecule has 1 saturated heterocycles. The van der Waals surface area contributed by atoms with Gasteiger partial charge in [-0.05, 0) is 13.8 Å². The maximum atomic E-state index is 5.76. The van der Waals surface area contributed by atoms with Gasteiger partial charge in [0.05, 0.1) is 12.2 Å². The molecule has 128 valence electrons. The van der Waals surface area contributed by atoms with Crippen molar-refractivity contribution in [2.24, 2.45) is 0 Å². The van der Waals surface area contributed by atoms with E-state index in [-0.39, 0.29) is 0 Å². The first kappa shape index (κ1) is 17.0. The van der Waals surface area contributed by atoms with Gasteiger partial charge in [0.2, 0.25) is 0 Å². The van der Waals surface area contributed by atoms with Crippen LogP contribution in [0.1, 0.15) is 19.4 Å². The second-order valence-electron chi connectivity index (χ2n) is 6.47. The molecular weight excluding hydrogens is 300 g/mol. The van der Waals surface area contributed by atoms with E-state index in [1.54, 1.807) is 0 Å². The quantitative estimate of drug-likeness (QED) is 0.826. The fourth-order valence-electron chi connectivity index (χ4n) is 3.12. The molecule has 0 saturated carbocycles. The molecule has 2 heterocycles. The third-order valence-electron chi connectivity index (χ3n) is 4.17. The Bertz CT molecular complexity index is 607. The van der Waals surface area contributed by atoms with Crippen molar-refractivity contribution in [1.29, 1.82) is 0 Å². The van der Waals surface area contributed by atoms with E-state index < -0.39 is 0 Å². The van der Waals surface area contributed by atoms with Crippen molar-refractivity contribution in [3.05, 3.63) is 48.3 Å². The van der Waals surface area contributed by atoms with Gasteiger partial charge in [-0.1, -0.05) is 30.3 Å². The molecule has 1 aromatic carbocycles. The Balaban J connectivity index is 1.42. The van der Waals surface area contributed by atoms with Gasteiger partial charge >= 0.3 is 0 Å². The van der Waals surface area contributed by atoms with Gasteiger partial charge < -0.3 is 10.1 Å². The zero-order chi connectivity index (χ0) is 16.8. The standard InChI is InChI=1S/C19H26N4O/c1-15-13-23(14-16(2)24-15)9-8-20-10-17-11-21-19(22-12-17)18-6-4-3-5-7-18/h3-7,11-12,15-16,20H,8-10,13-14H2,1-2H3/t15-,16+. The molecule has 2 atom stereocenters. The van der Waals surface area contributed by atoms with Crippen LogP contribution in [0.25, 0.3) is 11.4 Å². The van der Waals surface area contributed by atoms with Crippen molar-refractivity contribution >= 4 is 0 Å². The fourth-order valence-corrected chi connectivity index (χ4v) is 3.12. The lowest BCUT2D eigenvalue weighted by Gasteiger charge is -2.35. The molecule has 0 spiro atoms. The molecule has 1 fully saturated rings. The number of morpholine rings is 1. The second kappa shape index (κ2) is 8.33. The van der Waals surface area contributed by atoms with E-state index in [1.165, 1.54) is 0 Å². The van der Waals surface area contributed by atoms with Gasteiger partial charge in [0.25, 0.3) is 0 Å². The number of hydrogen-bond acceptors (Lipinski definition) is 5. The second-order valence-corrected chi connectivity index (χ2v) is 6.47. The highest BCUT2D eigenvalue weighted by molar-refractivity contribution is 5.53. The first-order chi connectivity index (χ1) is 11.7. The average Bonchev–Trinajstić information content (AvgIpc) is 2.59. The van der Waals surface area contributed by atoms with Crippen LogP contribution in [0.4, 0.5) is 0 Å². The first-order valence-electron chi connectivity index (χ1n) is 8.65. The van der Waals surface area contributed by atoms with Crippen LogP contribution >= 0.6 is 0 Å². The molecular formula is C19H26N4O. The Morgan fingerprint density at radius 1 is 1.08 bits per heavy atom. The van der Waals surface area contributed by atoms with E-state index in [9.17, 15) is 0 Å². The first-order valence-corrected chi connectivity index (χ1v) is 8.65. The van der Waals surface area contributed by atoms with Crippen LogP contribution in [0.2, 0.25) is 0 Å². The van der Waals surface area contributed by atoms with Crippen LogP contribution < -0.4 is 5.32 Å². The molecule has 24 heavy (non-hydrogen) atoms. The van der Waals surface area contributed by atoms with Crippen molar-refractivity contribution in [3.8, 4) is 11.4 Å². The van der Waals surface area contributed by atoms with Crippen molar-refractivity contribution in [3.63, 3.8) is 0 Å². The monoisotopic (exact) mass is 326 g/mol. The SMILES string of the molecule is C[C@@H]1CN(CCNCc2cnc(-c3ccccc3)nc2)C[C@H](C)O1. The number of aromatic nitrogens is 2. The summed E-state index contributed by atoms with van der Waals surface area (Å²) in [5.41, 5.74) is 2.16. The Morgan fingerprint density at radius 3 is 2.42 bits per heavy atom. The number of ether oxygens (including phenoxy) is 1. The van der Waals surface area contributed by atoms with Crippen molar-refractivity contribution in [2.45, 2.75) is 32.6 Å². The van der Waals surface area contributed by atoms with E-state index in [2.05, 4.69) is 34.0 Å². The molecule has 0 unspecified atom stereocenters. The van der Waals surface area contributed by atoms with E-state index in [0.29, 0.717) is 12.2 Å². The van der Waals surface area contributed by atoms with Crippen LogP contribution in [0.5, 0.6) is 0 Å². The van der Waals surface area contributed by atoms with Crippen molar-refractivity contribution in [2.75, 3.05) is 26.2 Å². The van der Waals surface area contributed by atoms with Gasteiger partial charge in [-0.15, -0.1) is 0 Å². The third-order valence-corrected chi connectivity index (χ3v) is 4.17. The minimum atomic E-state index is 0.327. The van der Waals surface area contributed by atoms with Crippen LogP contribution in [0.3, 0.4) is 0 Å². The normalized spacial score (nSPS) is 21.8. The highest BCUT2D eigenvalue weighted by Gasteiger charge is 2.21. The molecule has 0 aliphatic carbocycles. The summed E-state index contributed by atoms with van der Waals surface area (Å²) in [6, 6.07) is 10.1. The molecule has 3 rings (SSSR count). The van der Waals surface area contributed by atoms with Crippen LogP contribution in [-0.2, 0) is 11.3 Å².